The molecule has 0 spiro atoms. The minimum Gasteiger partial charge on any atom is -0.234 e. The maximum absolute atomic E-state index is 4.33. The molecule has 11 heavy (non-hydrogen) atoms. The van der Waals surface area contributed by atoms with Crippen molar-refractivity contribution in [2.45, 2.75) is 27.2 Å². The summed E-state index contributed by atoms with van der Waals surface area (Å²) in [6.07, 6.45) is 1.05. The van der Waals surface area contributed by atoms with E-state index in [9.17, 15) is 0 Å². The molecule has 0 atom stereocenters. The van der Waals surface area contributed by atoms with E-state index in [2.05, 4.69) is 47.1 Å². The van der Waals surface area contributed by atoms with E-state index in [0.29, 0.717) is 5.41 Å². The van der Waals surface area contributed by atoms with Crippen LogP contribution in [0.1, 0.15) is 26.5 Å². The molecule has 0 N–H and O–H groups in total. The lowest BCUT2D eigenvalue weighted by Gasteiger charge is -2.15. The normalized spacial score (nSPS) is 12.0. The van der Waals surface area contributed by atoms with Gasteiger partial charge in [-0.05, 0) is 27.8 Å². The molecule has 0 aliphatic carbocycles. The van der Waals surface area contributed by atoms with Crippen LogP contribution < -0.4 is 0 Å². The maximum atomic E-state index is 4.33. The van der Waals surface area contributed by atoms with E-state index in [1.165, 1.54) is 5.69 Å². The summed E-state index contributed by atoms with van der Waals surface area (Å²) >= 11 is 5.00. The average Bonchev–Trinajstić information content (AvgIpc) is 2.10. The lowest BCUT2D eigenvalue weighted by Crippen LogP contribution is -2.09. The highest BCUT2D eigenvalue weighted by Crippen LogP contribution is 2.23. The van der Waals surface area contributed by atoms with Crippen molar-refractivity contribution < 1.29 is 0 Å². The standard InChI is InChI=1S/C8H12BrNS/c1-8(2,3)4-6-5-11-7(9)10-6/h5H,4H2,1-3H3. The van der Waals surface area contributed by atoms with Crippen LogP contribution >= 0.6 is 27.3 Å². The zero-order valence-corrected chi connectivity index (χ0v) is 9.42. The molecule has 0 bridgehead atoms. The van der Waals surface area contributed by atoms with Crippen LogP contribution in [0.5, 0.6) is 0 Å². The van der Waals surface area contributed by atoms with Crippen LogP contribution in [0.25, 0.3) is 0 Å². The Kier molecular flexibility index (Phi) is 2.70. The summed E-state index contributed by atoms with van der Waals surface area (Å²) < 4.78 is 0.983. The van der Waals surface area contributed by atoms with E-state index in [1.54, 1.807) is 11.3 Å². The molecule has 0 aliphatic heterocycles. The molecule has 1 nitrogen and oxygen atoms in total. The minimum absolute atomic E-state index is 0.341. The quantitative estimate of drug-likeness (QED) is 0.724. The smallest absolute Gasteiger partial charge is 0.159 e. The highest BCUT2D eigenvalue weighted by molar-refractivity contribution is 9.11. The van der Waals surface area contributed by atoms with Crippen LogP contribution in [-0.2, 0) is 6.42 Å². The SMILES string of the molecule is CC(C)(C)Cc1csc(Br)n1. The molecule has 0 unspecified atom stereocenters. The summed E-state index contributed by atoms with van der Waals surface area (Å²) in [7, 11) is 0. The highest BCUT2D eigenvalue weighted by Gasteiger charge is 2.12. The molecule has 0 fully saturated rings. The second-order valence-electron chi connectivity index (χ2n) is 3.83. The predicted molar refractivity (Wildman–Crippen MR) is 53.0 cm³/mol. The molecule has 62 valence electrons. The first-order chi connectivity index (χ1) is 4.97. The Morgan fingerprint density at radius 3 is 2.55 bits per heavy atom. The molecule has 0 saturated carbocycles. The Morgan fingerprint density at radius 2 is 2.18 bits per heavy atom. The van der Waals surface area contributed by atoms with E-state index in [-0.39, 0.29) is 0 Å². The second-order valence-corrected chi connectivity index (χ2v) is 5.96. The Hall–Kier alpha value is 0.110. The Bertz CT molecular complexity index is 236. The van der Waals surface area contributed by atoms with Crippen molar-refractivity contribution in [3.63, 3.8) is 0 Å². The summed E-state index contributed by atoms with van der Waals surface area (Å²) in [6, 6.07) is 0. The highest BCUT2D eigenvalue weighted by atomic mass is 79.9. The predicted octanol–water partition coefficient (Wildman–Crippen LogP) is 3.49. The summed E-state index contributed by atoms with van der Waals surface area (Å²) in [6.45, 7) is 6.67. The molecular weight excluding hydrogens is 222 g/mol. The number of thiazole rings is 1. The largest absolute Gasteiger partial charge is 0.234 e. The number of rotatable bonds is 1. The molecule has 1 aromatic heterocycles. The third kappa shape index (κ3) is 3.34. The number of hydrogen-bond acceptors (Lipinski definition) is 2. The molecule has 1 rings (SSSR count). The average molecular weight is 234 g/mol. The fraction of sp³-hybridized carbons (Fsp3) is 0.625. The first-order valence-electron chi connectivity index (χ1n) is 3.57. The topological polar surface area (TPSA) is 12.9 Å². The van der Waals surface area contributed by atoms with Gasteiger partial charge in [-0.2, -0.15) is 0 Å². The lowest BCUT2D eigenvalue weighted by atomic mass is 9.91. The minimum atomic E-state index is 0.341. The van der Waals surface area contributed by atoms with Crippen LogP contribution in [0.4, 0.5) is 0 Å². The van der Waals surface area contributed by atoms with Gasteiger partial charge in [0.2, 0.25) is 0 Å². The van der Waals surface area contributed by atoms with Gasteiger partial charge in [-0.15, -0.1) is 11.3 Å². The second kappa shape index (κ2) is 3.23. The van der Waals surface area contributed by atoms with Crippen LogP contribution in [0.2, 0.25) is 0 Å². The van der Waals surface area contributed by atoms with Crippen LogP contribution in [0.15, 0.2) is 9.30 Å². The van der Waals surface area contributed by atoms with Crippen LogP contribution in [-0.4, -0.2) is 4.98 Å². The first kappa shape index (κ1) is 9.20. The molecule has 3 heteroatoms. The Labute approximate surface area is 80.0 Å². The van der Waals surface area contributed by atoms with Crippen LogP contribution in [0.3, 0.4) is 0 Å². The van der Waals surface area contributed by atoms with E-state index in [4.69, 9.17) is 0 Å². The summed E-state index contributed by atoms with van der Waals surface area (Å²) in [5.41, 5.74) is 1.53. The van der Waals surface area contributed by atoms with Gasteiger partial charge in [0.25, 0.3) is 0 Å². The Balaban J connectivity index is 2.65. The van der Waals surface area contributed by atoms with Gasteiger partial charge < -0.3 is 0 Å². The van der Waals surface area contributed by atoms with Gasteiger partial charge >= 0.3 is 0 Å². The fourth-order valence-corrected chi connectivity index (χ4v) is 1.95. The first-order valence-corrected chi connectivity index (χ1v) is 5.24. The molecule has 0 aromatic carbocycles. The summed E-state index contributed by atoms with van der Waals surface area (Å²) in [5, 5.41) is 2.11. The zero-order valence-electron chi connectivity index (χ0n) is 7.02. The van der Waals surface area contributed by atoms with Crippen molar-refractivity contribution >= 4 is 27.3 Å². The van der Waals surface area contributed by atoms with Crippen molar-refractivity contribution in [1.29, 1.82) is 0 Å². The third-order valence-electron chi connectivity index (χ3n) is 1.24. The van der Waals surface area contributed by atoms with Crippen molar-refractivity contribution in [3.05, 3.63) is 15.0 Å². The van der Waals surface area contributed by atoms with Gasteiger partial charge in [-0.1, -0.05) is 20.8 Å². The maximum Gasteiger partial charge on any atom is 0.159 e. The van der Waals surface area contributed by atoms with Crippen molar-refractivity contribution in [2.75, 3.05) is 0 Å². The van der Waals surface area contributed by atoms with Gasteiger partial charge in [-0.25, -0.2) is 4.98 Å². The van der Waals surface area contributed by atoms with Gasteiger partial charge in [0.05, 0.1) is 5.69 Å². The zero-order chi connectivity index (χ0) is 8.48. The monoisotopic (exact) mass is 233 g/mol. The molecule has 0 radical (unpaired) electrons. The summed E-state index contributed by atoms with van der Waals surface area (Å²) in [4.78, 5) is 4.33. The van der Waals surface area contributed by atoms with Crippen molar-refractivity contribution in [1.82, 2.24) is 4.98 Å². The molecule has 1 heterocycles. The molecule has 0 saturated heterocycles. The number of aromatic nitrogens is 1. The van der Waals surface area contributed by atoms with E-state index in [0.717, 1.165) is 10.3 Å². The Morgan fingerprint density at radius 1 is 1.55 bits per heavy atom. The van der Waals surface area contributed by atoms with Crippen LogP contribution in [0, 0.1) is 5.41 Å². The summed E-state index contributed by atoms with van der Waals surface area (Å²) in [5.74, 6) is 0. The van der Waals surface area contributed by atoms with E-state index < -0.39 is 0 Å². The lowest BCUT2D eigenvalue weighted by molar-refractivity contribution is 0.407. The van der Waals surface area contributed by atoms with Crippen molar-refractivity contribution in [2.24, 2.45) is 5.41 Å². The number of hydrogen-bond donors (Lipinski definition) is 0. The van der Waals surface area contributed by atoms with E-state index >= 15 is 0 Å². The van der Waals surface area contributed by atoms with E-state index in [1.807, 2.05) is 0 Å². The molecule has 1 aromatic rings. The van der Waals surface area contributed by atoms with Crippen molar-refractivity contribution in [3.8, 4) is 0 Å². The van der Waals surface area contributed by atoms with Gasteiger partial charge in [0.15, 0.2) is 3.92 Å². The van der Waals surface area contributed by atoms with Gasteiger partial charge in [-0.3, -0.25) is 0 Å². The number of nitrogens with zero attached hydrogens (tertiary/aromatic N) is 1. The van der Waals surface area contributed by atoms with Gasteiger partial charge in [0, 0.05) is 5.38 Å². The number of halogens is 1. The third-order valence-corrected chi connectivity index (χ3v) is 2.65. The molecular formula is C8H12BrNS. The van der Waals surface area contributed by atoms with Gasteiger partial charge in [0.1, 0.15) is 0 Å². The molecule has 0 amide bonds. The molecule has 0 aliphatic rings. The fourth-order valence-electron chi connectivity index (χ4n) is 0.907.